The molecular formula is C31H35ClFN7O2. The van der Waals surface area contributed by atoms with Gasteiger partial charge in [0.05, 0.1) is 33.3 Å². The maximum Gasteiger partial charge on any atom is 0.221 e. The molecule has 11 heteroatoms. The molecule has 1 amide bonds. The van der Waals surface area contributed by atoms with Gasteiger partial charge in [0.2, 0.25) is 6.41 Å². The number of hydrogen-bond donors (Lipinski definition) is 2. The van der Waals surface area contributed by atoms with E-state index in [1.807, 2.05) is 20.0 Å². The number of nitriles is 1. The van der Waals surface area contributed by atoms with Crippen molar-refractivity contribution in [2.45, 2.75) is 50.5 Å². The zero-order chi connectivity index (χ0) is 30.4. The Balaban J connectivity index is 2.01. The van der Waals surface area contributed by atoms with Gasteiger partial charge in [-0.2, -0.15) is 5.26 Å². The van der Waals surface area contributed by atoms with Crippen LogP contribution in [0.5, 0.6) is 0 Å². The average Bonchev–Trinajstić information content (AvgIpc) is 3.78. The van der Waals surface area contributed by atoms with Crippen molar-refractivity contribution in [2.24, 2.45) is 4.99 Å². The average molecular weight is 592 g/mol. The van der Waals surface area contributed by atoms with Gasteiger partial charge in [-0.15, -0.1) is 6.58 Å². The molecule has 0 radical (unpaired) electrons. The fraction of sp³-hybridized carbons (Fsp3) is 0.387. The minimum atomic E-state index is -0.766. The summed E-state index contributed by atoms with van der Waals surface area (Å²) in [5, 5.41) is 23.9. The van der Waals surface area contributed by atoms with Gasteiger partial charge >= 0.3 is 0 Å². The van der Waals surface area contributed by atoms with Gasteiger partial charge in [-0.05, 0) is 57.9 Å². The number of amides is 1. The van der Waals surface area contributed by atoms with Crippen molar-refractivity contribution in [1.29, 1.82) is 5.26 Å². The number of anilines is 2. The molecule has 2 aliphatic rings. The molecule has 4 rings (SSSR count). The number of allylic oxidation sites excluding steroid dienone is 4. The van der Waals surface area contributed by atoms with Crippen LogP contribution in [0.2, 0.25) is 5.02 Å². The second-order valence-electron chi connectivity index (χ2n) is 10.4. The topological polar surface area (TPSA) is 118 Å². The lowest BCUT2D eigenvalue weighted by Crippen LogP contribution is -2.45. The first-order chi connectivity index (χ1) is 20.3. The number of nitrogens with zero attached hydrogens (tertiary/aromatic N) is 6. The van der Waals surface area contributed by atoms with Crippen LogP contribution in [-0.2, 0) is 10.2 Å². The first kappa shape index (κ1) is 30.9. The zero-order valence-electron chi connectivity index (χ0n) is 24.1. The predicted octanol–water partition coefficient (Wildman–Crippen LogP) is 5.76. The number of rotatable bonds is 12. The number of pyridine rings is 2. The zero-order valence-corrected chi connectivity index (χ0v) is 24.8. The molecule has 0 aromatic carbocycles. The van der Waals surface area contributed by atoms with Gasteiger partial charge in [-0.25, -0.2) is 19.3 Å². The highest BCUT2D eigenvalue weighted by Crippen LogP contribution is 2.51. The summed E-state index contributed by atoms with van der Waals surface area (Å²) >= 11 is 6.78. The number of halogens is 2. The quantitative estimate of drug-likeness (QED) is 0.139. The molecule has 0 aliphatic heterocycles. The second kappa shape index (κ2) is 13.3. The van der Waals surface area contributed by atoms with Crippen LogP contribution >= 0.6 is 11.6 Å². The molecule has 2 aromatic heterocycles. The highest BCUT2D eigenvalue weighted by atomic mass is 35.5. The van der Waals surface area contributed by atoms with Gasteiger partial charge in [0, 0.05) is 44.4 Å². The van der Waals surface area contributed by atoms with E-state index in [1.165, 1.54) is 17.2 Å². The Morgan fingerprint density at radius 2 is 2.19 bits per heavy atom. The van der Waals surface area contributed by atoms with Crippen LogP contribution in [0.3, 0.4) is 0 Å². The van der Waals surface area contributed by atoms with Crippen molar-refractivity contribution in [3.63, 3.8) is 0 Å². The van der Waals surface area contributed by atoms with E-state index >= 15 is 4.39 Å². The molecule has 1 fully saturated rings. The molecule has 2 N–H and O–H groups in total. The van der Waals surface area contributed by atoms with E-state index in [4.69, 9.17) is 16.6 Å². The Labute approximate surface area is 250 Å². The smallest absolute Gasteiger partial charge is 0.221 e. The van der Waals surface area contributed by atoms with Gasteiger partial charge in [-0.1, -0.05) is 23.7 Å². The highest BCUT2D eigenvalue weighted by Gasteiger charge is 2.48. The minimum Gasteiger partial charge on any atom is -0.511 e. The molecule has 2 heterocycles. The standard InChI is InChI=1S/C31H35ClFN7O2/c1-5-6-15-39(20(2)17-35-3)28(36-4)21-16-23(32)27(26-24(33)10-7-11-25(26)42)38-29(21)40(19-41)30-22(9-8-14-37-30)31(18-34)12-13-31/h5,8-10,14,16,19-20,35,42H,1,6-7,11-13,15,17H2,2-4H3/b36-28+. The summed E-state index contributed by atoms with van der Waals surface area (Å²) in [5.74, 6) is 0.00369. The van der Waals surface area contributed by atoms with Crippen molar-refractivity contribution in [2.75, 3.05) is 32.1 Å². The van der Waals surface area contributed by atoms with E-state index in [-0.39, 0.29) is 46.1 Å². The van der Waals surface area contributed by atoms with E-state index in [1.54, 1.807) is 25.2 Å². The number of aliphatic imine (C=N–C) groups is 1. The summed E-state index contributed by atoms with van der Waals surface area (Å²) in [5.41, 5.74) is 0.103. The number of likely N-dealkylation sites (N-methyl/N-ethyl adjacent to an activating group) is 1. The number of carbonyl (C=O) groups is 1. The first-order valence-corrected chi connectivity index (χ1v) is 14.2. The number of aliphatic hydroxyl groups excluding tert-OH is 1. The lowest BCUT2D eigenvalue weighted by atomic mass is 9.97. The van der Waals surface area contributed by atoms with Crippen molar-refractivity contribution in [3.05, 3.63) is 76.6 Å². The molecule has 0 spiro atoms. The lowest BCUT2D eigenvalue weighted by molar-refractivity contribution is -0.106. The fourth-order valence-electron chi connectivity index (χ4n) is 5.26. The number of amidine groups is 1. The minimum absolute atomic E-state index is 0.0107. The van der Waals surface area contributed by atoms with E-state index < -0.39 is 11.2 Å². The third-order valence-electron chi connectivity index (χ3n) is 7.58. The maximum absolute atomic E-state index is 15.1. The summed E-state index contributed by atoms with van der Waals surface area (Å²) in [6.07, 6.45) is 7.78. The number of carbonyl (C=O) groups excluding carboxylic acids is 1. The monoisotopic (exact) mass is 591 g/mol. The molecule has 9 nitrogen and oxygen atoms in total. The third-order valence-corrected chi connectivity index (χ3v) is 7.87. The van der Waals surface area contributed by atoms with Gasteiger partial charge in [0.15, 0.2) is 5.82 Å². The van der Waals surface area contributed by atoms with Crippen LogP contribution in [0.4, 0.5) is 16.0 Å². The molecule has 42 heavy (non-hydrogen) atoms. The molecule has 0 bridgehead atoms. The van der Waals surface area contributed by atoms with E-state index in [2.05, 4.69) is 32.8 Å². The van der Waals surface area contributed by atoms with E-state index in [0.29, 0.717) is 62.1 Å². The lowest BCUT2D eigenvalue weighted by Gasteiger charge is -2.34. The van der Waals surface area contributed by atoms with E-state index in [0.717, 1.165) is 0 Å². The van der Waals surface area contributed by atoms with Gasteiger partial charge in [0.1, 0.15) is 23.2 Å². The normalized spacial score (nSPS) is 16.8. The van der Waals surface area contributed by atoms with Crippen LogP contribution in [0.25, 0.3) is 5.57 Å². The molecule has 1 unspecified atom stereocenters. The third kappa shape index (κ3) is 5.94. The SMILES string of the molecule is C=CCCN(/C(=N/C)c1cc(Cl)c(C2=C(O)CCC=C2F)nc1N(C=O)c1ncccc1C1(C#N)CC1)C(C)CNC. The van der Waals surface area contributed by atoms with Crippen LogP contribution in [-0.4, -0.2) is 65.4 Å². The van der Waals surface area contributed by atoms with E-state index in [9.17, 15) is 15.2 Å². The van der Waals surface area contributed by atoms with Crippen LogP contribution in [0, 0.1) is 11.3 Å². The highest BCUT2D eigenvalue weighted by molar-refractivity contribution is 6.33. The van der Waals surface area contributed by atoms with Crippen molar-refractivity contribution < 1.29 is 14.3 Å². The Bertz CT molecular complexity index is 1490. The summed E-state index contributed by atoms with van der Waals surface area (Å²) in [7, 11) is 3.49. The number of nitrogens with one attached hydrogen (secondary N) is 1. The molecular weight excluding hydrogens is 557 g/mol. The Morgan fingerprint density at radius 1 is 1.43 bits per heavy atom. The Hall–Kier alpha value is -4.07. The number of aliphatic hydroxyl groups is 1. The van der Waals surface area contributed by atoms with Gasteiger partial charge in [-0.3, -0.25) is 9.79 Å². The summed E-state index contributed by atoms with van der Waals surface area (Å²) in [6, 6.07) is 7.43. The predicted molar refractivity (Wildman–Crippen MR) is 164 cm³/mol. The molecule has 1 saturated carbocycles. The largest absolute Gasteiger partial charge is 0.511 e. The molecule has 0 saturated heterocycles. The van der Waals surface area contributed by atoms with Crippen molar-refractivity contribution >= 4 is 41.1 Å². The first-order valence-electron chi connectivity index (χ1n) is 13.9. The molecule has 220 valence electrons. The van der Waals surface area contributed by atoms with Crippen LogP contribution in [0.15, 0.2) is 59.7 Å². The number of hydrogen-bond acceptors (Lipinski definition) is 7. The van der Waals surface area contributed by atoms with Crippen molar-refractivity contribution in [3.8, 4) is 6.07 Å². The fourth-order valence-corrected chi connectivity index (χ4v) is 5.50. The summed E-state index contributed by atoms with van der Waals surface area (Å²) in [4.78, 5) is 30.1. The number of aromatic nitrogens is 2. The molecule has 1 atom stereocenters. The second-order valence-corrected chi connectivity index (χ2v) is 10.8. The Kier molecular flexibility index (Phi) is 9.76. The van der Waals surface area contributed by atoms with Gasteiger partial charge < -0.3 is 15.3 Å². The summed E-state index contributed by atoms with van der Waals surface area (Å²) < 4.78 is 15.1. The van der Waals surface area contributed by atoms with Crippen LogP contribution < -0.4 is 10.2 Å². The molecule has 2 aromatic rings. The Morgan fingerprint density at radius 3 is 2.79 bits per heavy atom. The van der Waals surface area contributed by atoms with Crippen molar-refractivity contribution in [1.82, 2.24) is 20.2 Å². The summed E-state index contributed by atoms with van der Waals surface area (Å²) in [6.45, 7) is 7.09. The maximum atomic E-state index is 15.1. The van der Waals surface area contributed by atoms with Gasteiger partial charge in [0.25, 0.3) is 0 Å². The molecule has 2 aliphatic carbocycles. The van der Waals surface area contributed by atoms with Crippen LogP contribution in [0.1, 0.15) is 55.8 Å².